The number of carbonyl (C=O) groups excluding carboxylic acids is 2. The fourth-order valence-electron chi connectivity index (χ4n) is 3.44. The van der Waals surface area contributed by atoms with Crippen LogP contribution in [0.3, 0.4) is 0 Å². The Morgan fingerprint density at radius 2 is 1.60 bits per heavy atom. The van der Waals surface area contributed by atoms with Gasteiger partial charge in [-0.25, -0.2) is 4.79 Å². The van der Waals surface area contributed by atoms with E-state index in [1.165, 1.54) is 25.7 Å². The summed E-state index contributed by atoms with van der Waals surface area (Å²) >= 11 is 4.08. The minimum Gasteiger partial charge on any atom is -0.438 e. The van der Waals surface area contributed by atoms with E-state index in [0.717, 1.165) is 64.1 Å². The molecule has 0 rings (SSSR count). The van der Waals surface area contributed by atoms with Crippen molar-refractivity contribution in [1.82, 2.24) is 5.32 Å². The van der Waals surface area contributed by atoms with Crippen molar-refractivity contribution in [3.63, 3.8) is 0 Å². The van der Waals surface area contributed by atoms with Crippen molar-refractivity contribution in [2.24, 2.45) is 5.92 Å². The first kappa shape index (κ1) is 28.8. The van der Waals surface area contributed by atoms with Crippen LogP contribution in [0.1, 0.15) is 97.3 Å². The summed E-state index contributed by atoms with van der Waals surface area (Å²) in [5, 5.41) is 2.64. The molecular weight excluding hydrogens is 394 g/mol. The third kappa shape index (κ3) is 17.6. The van der Waals surface area contributed by atoms with Gasteiger partial charge in [0.25, 0.3) is 0 Å². The van der Waals surface area contributed by atoms with Gasteiger partial charge >= 0.3 is 6.09 Å². The van der Waals surface area contributed by atoms with E-state index in [2.05, 4.69) is 56.1 Å². The minimum absolute atomic E-state index is 0.112. The number of unbranched alkanes of at least 4 members (excludes halogenated alkanes) is 7. The molecule has 2 atom stereocenters. The predicted octanol–water partition coefficient (Wildman–Crippen LogP) is 7.05. The van der Waals surface area contributed by atoms with Crippen LogP contribution < -0.4 is 5.32 Å². The largest absolute Gasteiger partial charge is 0.438 e. The Morgan fingerprint density at radius 1 is 0.933 bits per heavy atom. The zero-order chi connectivity index (χ0) is 22.3. The van der Waals surface area contributed by atoms with Crippen LogP contribution in [-0.2, 0) is 9.53 Å². The van der Waals surface area contributed by atoms with Gasteiger partial charge in [-0.05, 0) is 38.5 Å². The lowest BCUT2D eigenvalue weighted by Gasteiger charge is -2.23. The van der Waals surface area contributed by atoms with Crippen molar-refractivity contribution in [1.29, 1.82) is 0 Å². The van der Waals surface area contributed by atoms with E-state index in [4.69, 9.17) is 4.74 Å². The normalized spacial score (nSPS) is 13.6. The summed E-state index contributed by atoms with van der Waals surface area (Å²) in [4.78, 5) is 23.5. The summed E-state index contributed by atoms with van der Waals surface area (Å²) in [6.45, 7) is 4.80. The van der Waals surface area contributed by atoms with Gasteiger partial charge in [-0.15, -0.1) is 0 Å². The van der Waals surface area contributed by atoms with Gasteiger partial charge in [0.1, 0.15) is 0 Å². The average Bonchev–Trinajstić information content (AvgIpc) is 2.75. The second kappa shape index (κ2) is 22.5. The van der Waals surface area contributed by atoms with E-state index in [0.29, 0.717) is 12.3 Å². The average molecular weight is 440 g/mol. The number of aldehydes is 1. The highest BCUT2D eigenvalue weighted by molar-refractivity contribution is 7.80. The zero-order valence-corrected chi connectivity index (χ0v) is 20.2. The molecule has 0 bridgehead atoms. The predicted molar refractivity (Wildman–Crippen MR) is 131 cm³/mol. The molecule has 1 N–H and O–H groups in total. The number of thiol groups is 1. The molecule has 30 heavy (non-hydrogen) atoms. The van der Waals surface area contributed by atoms with Crippen molar-refractivity contribution in [3.05, 3.63) is 24.3 Å². The van der Waals surface area contributed by atoms with Gasteiger partial charge in [-0.2, -0.15) is 12.6 Å². The number of rotatable bonds is 20. The molecule has 4 nitrogen and oxygen atoms in total. The number of hydrogen-bond donors (Lipinski definition) is 2. The summed E-state index contributed by atoms with van der Waals surface area (Å²) in [6, 6.07) is 0. The molecule has 0 aliphatic carbocycles. The molecule has 0 fully saturated rings. The molecule has 0 aromatic carbocycles. The number of amides is 1. The Labute approximate surface area is 190 Å². The second-order valence-electron chi connectivity index (χ2n) is 7.84. The summed E-state index contributed by atoms with van der Waals surface area (Å²) in [7, 11) is 0. The molecule has 0 saturated heterocycles. The van der Waals surface area contributed by atoms with E-state index in [1.54, 1.807) is 0 Å². The molecule has 0 aliphatic heterocycles. The molecule has 0 aromatic rings. The quantitative estimate of drug-likeness (QED) is 0.0924. The van der Waals surface area contributed by atoms with Crippen LogP contribution in [0.5, 0.6) is 0 Å². The van der Waals surface area contributed by atoms with Crippen molar-refractivity contribution >= 4 is 25.0 Å². The number of nitrogens with one attached hydrogen (secondary N) is 1. The maximum Gasteiger partial charge on any atom is 0.407 e. The molecule has 174 valence electrons. The molecular formula is C25H45NO3S. The van der Waals surface area contributed by atoms with Gasteiger partial charge in [0.15, 0.2) is 12.4 Å². The lowest BCUT2D eigenvalue weighted by atomic mass is 9.90. The van der Waals surface area contributed by atoms with Crippen LogP contribution in [0.4, 0.5) is 4.79 Å². The maximum atomic E-state index is 11.9. The SMILES string of the molecule is CC/C=C/C/C=C/CCCCCC(CCCCCCC)C(C=O)OC(=O)NCCS. The van der Waals surface area contributed by atoms with Crippen LogP contribution in [0.2, 0.25) is 0 Å². The first-order chi connectivity index (χ1) is 14.7. The maximum absolute atomic E-state index is 11.9. The Balaban J connectivity index is 4.37. The summed E-state index contributed by atoms with van der Waals surface area (Å²) in [5.74, 6) is 0.658. The van der Waals surface area contributed by atoms with Crippen LogP contribution in [0.25, 0.3) is 0 Å². The first-order valence-electron chi connectivity index (χ1n) is 12.0. The molecule has 0 heterocycles. The molecule has 5 heteroatoms. The van der Waals surface area contributed by atoms with E-state index < -0.39 is 12.2 Å². The summed E-state index contributed by atoms with van der Waals surface area (Å²) < 4.78 is 5.41. The van der Waals surface area contributed by atoms with E-state index in [9.17, 15) is 9.59 Å². The van der Waals surface area contributed by atoms with E-state index in [-0.39, 0.29) is 5.92 Å². The molecule has 2 unspecified atom stereocenters. The molecule has 0 aliphatic rings. The van der Waals surface area contributed by atoms with Gasteiger partial charge < -0.3 is 10.1 Å². The second-order valence-corrected chi connectivity index (χ2v) is 8.29. The Bertz CT molecular complexity index is 465. The Morgan fingerprint density at radius 3 is 2.23 bits per heavy atom. The Kier molecular flexibility index (Phi) is 21.5. The highest BCUT2D eigenvalue weighted by Gasteiger charge is 2.24. The molecule has 0 saturated carbocycles. The molecule has 0 spiro atoms. The smallest absolute Gasteiger partial charge is 0.407 e. The fourth-order valence-corrected chi connectivity index (χ4v) is 3.55. The number of alkyl carbamates (subject to hydrolysis) is 1. The van der Waals surface area contributed by atoms with Gasteiger partial charge in [-0.1, -0.05) is 83.1 Å². The number of carbonyl (C=O) groups is 2. The van der Waals surface area contributed by atoms with Crippen LogP contribution in [-0.4, -0.2) is 30.8 Å². The van der Waals surface area contributed by atoms with Gasteiger partial charge in [0.2, 0.25) is 0 Å². The molecule has 1 amide bonds. The van der Waals surface area contributed by atoms with E-state index in [1.807, 2.05) is 0 Å². The topological polar surface area (TPSA) is 55.4 Å². The van der Waals surface area contributed by atoms with Gasteiger partial charge in [0.05, 0.1) is 0 Å². The zero-order valence-electron chi connectivity index (χ0n) is 19.3. The third-order valence-electron chi connectivity index (χ3n) is 5.19. The highest BCUT2D eigenvalue weighted by Crippen LogP contribution is 2.23. The van der Waals surface area contributed by atoms with Crippen molar-refractivity contribution in [2.45, 2.75) is 103 Å². The van der Waals surface area contributed by atoms with Crippen LogP contribution in [0.15, 0.2) is 24.3 Å². The number of ether oxygens (including phenoxy) is 1. The molecule has 0 radical (unpaired) electrons. The summed E-state index contributed by atoms with van der Waals surface area (Å²) in [6.07, 6.45) is 22.9. The van der Waals surface area contributed by atoms with Gasteiger partial charge in [-0.3, -0.25) is 4.79 Å². The number of allylic oxidation sites excluding steroid dienone is 4. The summed E-state index contributed by atoms with van der Waals surface area (Å²) in [5.41, 5.74) is 0. The lowest BCUT2D eigenvalue weighted by molar-refractivity contribution is -0.118. The van der Waals surface area contributed by atoms with Crippen molar-refractivity contribution < 1.29 is 14.3 Å². The Hall–Kier alpha value is -1.23. The van der Waals surface area contributed by atoms with Crippen LogP contribution in [0, 0.1) is 5.92 Å². The molecule has 0 aromatic heterocycles. The van der Waals surface area contributed by atoms with Crippen molar-refractivity contribution in [2.75, 3.05) is 12.3 Å². The number of hydrogen-bond acceptors (Lipinski definition) is 4. The van der Waals surface area contributed by atoms with E-state index >= 15 is 0 Å². The third-order valence-corrected chi connectivity index (χ3v) is 5.41. The highest BCUT2D eigenvalue weighted by atomic mass is 32.1. The van der Waals surface area contributed by atoms with Crippen molar-refractivity contribution in [3.8, 4) is 0 Å². The minimum atomic E-state index is -0.652. The lowest BCUT2D eigenvalue weighted by Crippen LogP contribution is -2.35. The fraction of sp³-hybridized carbons (Fsp3) is 0.760. The standard InChI is InChI=1S/C25H45NO3S/c1-3-5-7-9-10-11-12-13-15-17-19-23(18-16-14-8-6-4-2)24(22-27)29-25(28)26-20-21-30/h5,7,10-11,22-24,30H,3-4,6,8-9,12-21H2,1-2H3,(H,26,28)/b7-5+,11-10+. The van der Waals surface area contributed by atoms with Gasteiger partial charge in [0, 0.05) is 18.2 Å². The first-order valence-corrected chi connectivity index (χ1v) is 12.6. The van der Waals surface area contributed by atoms with Crippen LogP contribution >= 0.6 is 12.6 Å². The monoisotopic (exact) mass is 439 g/mol.